The van der Waals surface area contributed by atoms with Gasteiger partial charge < -0.3 is 9.64 Å². The maximum atomic E-state index is 13.2. The highest BCUT2D eigenvalue weighted by atomic mass is 35.5. The van der Waals surface area contributed by atoms with Crippen LogP contribution in [-0.2, 0) is 10.0 Å². The zero-order chi connectivity index (χ0) is 22.2. The SMILES string of the molecule is CN1CC[C@@H](Oc2cc(NS(=O)(=O)c3cc(Cl)c(-c4ccc(F)cc4)s3)ccc2Cl)C1. The van der Waals surface area contributed by atoms with E-state index in [-0.39, 0.29) is 21.2 Å². The van der Waals surface area contributed by atoms with Crippen LogP contribution in [0.4, 0.5) is 10.1 Å². The van der Waals surface area contributed by atoms with E-state index < -0.39 is 10.0 Å². The quantitative estimate of drug-likeness (QED) is 0.468. The van der Waals surface area contributed by atoms with Crippen molar-refractivity contribution in [2.24, 2.45) is 0 Å². The Morgan fingerprint density at radius 3 is 2.55 bits per heavy atom. The van der Waals surface area contributed by atoms with Crippen molar-refractivity contribution in [3.63, 3.8) is 0 Å². The van der Waals surface area contributed by atoms with Gasteiger partial charge in [-0.25, -0.2) is 12.8 Å². The second-order valence-electron chi connectivity index (χ2n) is 7.29. The van der Waals surface area contributed by atoms with Gasteiger partial charge in [-0.15, -0.1) is 11.3 Å². The molecule has 4 rings (SSSR count). The molecular formula is C21H19Cl2FN2O3S2. The summed E-state index contributed by atoms with van der Waals surface area (Å²) in [7, 11) is -1.88. The number of thiophene rings is 1. The van der Waals surface area contributed by atoms with Crippen molar-refractivity contribution in [1.82, 2.24) is 4.90 Å². The third-order valence-electron chi connectivity index (χ3n) is 4.86. The van der Waals surface area contributed by atoms with E-state index >= 15 is 0 Å². The molecule has 1 atom stereocenters. The van der Waals surface area contributed by atoms with Gasteiger partial charge in [0.05, 0.1) is 20.6 Å². The standard InChI is InChI=1S/C21H19Cl2FN2O3S2/c1-26-9-8-16(12-26)29-19-10-15(6-7-17(19)22)25-31(27,28)20-11-18(23)21(30-20)13-2-4-14(24)5-3-13/h2-7,10-11,16,25H,8-9,12H2,1H3/t16-/m1/s1. The lowest BCUT2D eigenvalue weighted by Gasteiger charge is -2.16. The molecule has 1 aliphatic heterocycles. The lowest BCUT2D eigenvalue weighted by Crippen LogP contribution is -2.21. The molecule has 2 heterocycles. The first-order chi connectivity index (χ1) is 14.7. The van der Waals surface area contributed by atoms with Crippen molar-refractivity contribution in [2.75, 3.05) is 24.9 Å². The van der Waals surface area contributed by atoms with Gasteiger partial charge in [-0.1, -0.05) is 35.3 Å². The fraction of sp³-hybridized carbons (Fsp3) is 0.238. The molecule has 1 N–H and O–H groups in total. The van der Waals surface area contributed by atoms with Crippen LogP contribution in [-0.4, -0.2) is 39.6 Å². The zero-order valence-corrected chi connectivity index (χ0v) is 19.6. The van der Waals surface area contributed by atoms with Crippen molar-refractivity contribution in [2.45, 2.75) is 16.7 Å². The predicted octanol–water partition coefficient (Wildman–Crippen LogP) is 5.74. The van der Waals surface area contributed by atoms with Gasteiger partial charge in [0.1, 0.15) is 21.9 Å². The number of likely N-dealkylation sites (N-methyl/N-ethyl adjacent to an activating group) is 1. The smallest absolute Gasteiger partial charge is 0.271 e. The number of benzene rings is 2. The largest absolute Gasteiger partial charge is 0.487 e. The van der Waals surface area contributed by atoms with Crippen molar-refractivity contribution in [3.8, 4) is 16.2 Å². The number of hydrogen-bond donors (Lipinski definition) is 1. The van der Waals surface area contributed by atoms with Gasteiger partial charge in [0.25, 0.3) is 10.0 Å². The Morgan fingerprint density at radius 2 is 1.87 bits per heavy atom. The molecule has 1 saturated heterocycles. The Kier molecular flexibility index (Phi) is 6.46. The Morgan fingerprint density at radius 1 is 1.13 bits per heavy atom. The summed E-state index contributed by atoms with van der Waals surface area (Å²) in [5.74, 6) is 0.0503. The average molecular weight is 501 g/mol. The third kappa shape index (κ3) is 5.15. The van der Waals surface area contributed by atoms with Crippen LogP contribution < -0.4 is 9.46 Å². The number of nitrogens with zero attached hydrogens (tertiary/aromatic N) is 1. The molecule has 2 aromatic carbocycles. The maximum Gasteiger partial charge on any atom is 0.271 e. The lowest BCUT2D eigenvalue weighted by atomic mass is 10.2. The van der Waals surface area contributed by atoms with Gasteiger partial charge >= 0.3 is 0 Å². The summed E-state index contributed by atoms with van der Waals surface area (Å²) < 4.78 is 47.6. The predicted molar refractivity (Wildman–Crippen MR) is 124 cm³/mol. The molecule has 0 unspecified atom stereocenters. The van der Waals surface area contributed by atoms with Crippen molar-refractivity contribution in [1.29, 1.82) is 0 Å². The summed E-state index contributed by atoms with van der Waals surface area (Å²) in [5.41, 5.74) is 0.972. The molecule has 3 aromatic rings. The molecule has 1 aromatic heterocycles. The monoisotopic (exact) mass is 500 g/mol. The molecule has 10 heteroatoms. The summed E-state index contributed by atoms with van der Waals surface area (Å²) >= 11 is 13.5. The van der Waals surface area contributed by atoms with Gasteiger partial charge in [-0.05, 0) is 49.4 Å². The van der Waals surface area contributed by atoms with Gasteiger partial charge in [-0.2, -0.15) is 0 Å². The summed E-state index contributed by atoms with van der Waals surface area (Å²) in [6.45, 7) is 1.72. The van der Waals surface area contributed by atoms with Gasteiger partial charge in [0, 0.05) is 19.2 Å². The Labute approximate surface area is 194 Å². The Balaban J connectivity index is 1.56. The molecule has 31 heavy (non-hydrogen) atoms. The van der Waals surface area contributed by atoms with Crippen LogP contribution in [0.2, 0.25) is 10.0 Å². The molecule has 0 radical (unpaired) electrons. The third-order valence-corrected chi connectivity index (χ3v) is 8.62. The summed E-state index contributed by atoms with van der Waals surface area (Å²) in [4.78, 5) is 2.71. The van der Waals surface area contributed by atoms with Crippen molar-refractivity contribution < 1.29 is 17.5 Å². The van der Waals surface area contributed by atoms with Gasteiger partial charge in [0.15, 0.2) is 0 Å². The molecule has 1 aliphatic rings. The second-order valence-corrected chi connectivity index (χ2v) is 11.1. The van der Waals surface area contributed by atoms with E-state index in [4.69, 9.17) is 27.9 Å². The molecule has 0 aliphatic carbocycles. The van der Waals surface area contributed by atoms with E-state index in [0.29, 0.717) is 26.9 Å². The molecule has 0 bridgehead atoms. The molecule has 0 saturated carbocycles. The second kappa shape index (κ2) is 8.96. The number of nitrogens with one attached hydrogen (secondary N) is 1. The lowest BCUT2D eigenvalue weighted by molar-refractivity contribution is 0.208. The van der Waals surface area contributed by atoms with Crippen LogP contribution in [0.3, 0.4) is 0 Å². The first kappa shape index (κ1) is 22.4. The molecule has 0 spiro atoms. The minimum Gasteiger partial charge on any atom is -0.487 e. The van der Waals surface area contributed by atoms with Crippen LogP contribution in [0.1, 0.15) is 6.42 Å². The van der Waals surface area contributed by atoms with Crippen LogP contribution in [0, 0.1) is 5.82 Å². The summed E-state index contributed by atoms with van der Waals surface area (Å²) in [5, 5.41) is 0.692. The molecular weight excluding hydrogens is 482 g/mol. The van der Waals surface area contributed by atoms with Crippen molar-refractivity contribution in [3.05, 3.63) is 64.4 Å². The number of likely N-dealkylation sites (tertiary alicyclic amines) is 1. The molecule has 1 fully saturated rings. The van der Waals surface area contributed by atoms with E-state index in [0.717, 1.165) is 30.8 Å². The zero-order valence-electron chi connectivity index (χ0n) is 16.4. The number of ether oxygens (including phenoxy) is 1. The minimum absolute atomic E-state index is 0.00345. The maximum absolute atomic E-state index is 13.2. The fourth-order valence-electron chi connectivity index (χ4n) is 3.31. The summed E-state index contributed by atoms with van der Waals surface area (Å²) in [6, 6.07) is 11.8. The first-order valence-corrected chi connectivity index (χ1v) is 12.5. The van der Waals surface area contributed by atoms with Crippen LogP contribution in [0.5, 0.6) is 5.75 Å². The average Bonchev–Trinajstić information content (AvgIpc) is 3.31. The molecule has 5 nitrogen and oxygen atoms in total. The Hall–Kier alpha value is -1.84. The molecule has 164 valence electrons. The number of sulfonamides is 1. The highest BCUT2D eigenvalue weighted by Crippen LogP contribution is 2.39. The van der Waals surface area contributed by atoms with E-state index in [1.807, 2.05) is 7.05 Å². The fourth-order valence-corrected chi connectivity index (χ4v) is 6.35. The number of rotatable bonds is 6. The van der Waals surface area contributed by atoms with E-state index in [2.05, 4.69) is 9.62 Å². The van der Waals surface area contributed by atoms with Gasteiger partial charge in [0.2, 0.25) is 0 Å². The highest BCUT2D eigenvalue weighted by Gasteiger charge is 2.24. The normalized spacial score (nSPS) is 17.1. The number of anilines is 1. The minimum atomic E-state index is -3.89. The highest BCUT2D eigenvalue weighted by molar-refractivity contribution is 7.94. The first-order valence-electron chi connectivity index (χ1n) is 9.44. The molecule has 0 amide bonds. The Bertz CT molecular complexity index is 1200. The van der Waals surface area contributed by atoms with E-state index in [1.54, 1.807) is 30.3 Å². The van der Waals surface area contributed by atoms with Crippen LogP contribution in [0.15, 0.2) is 52.7 Å². The van der Waals surface area contributed by atoms with Crippen molar-refractivity contribution >= 4 is 50.2 Å². The topological polar surface area (TPSA) is 58.6 Å². The number of hydrogen-bond acceptors (Lipinski definition) is 5. The summed E-state index contributed by atoms with van der Waals surface area (Å²) in [6.07, 6.45) is 0.881. The van der Waals surface area contributed by atoms with Crippen LogP contribution >= 0.6 is 34.5 Å². The van der Waals surface area contributed by atoms with Gasteiger partial charge in [-0.3, -0.25) is 4.72 Å². The van der Waals surface area contributed by atoms with E-state index in [1.165, 1.54) is 18.2 Å². The van der Waals surface area contributed by atoms with Crippen LogP contribution in [0.25, 0.3) is 10.4 Å². The number of halogens is 3. The van der Waals surface area contributed by atoms with E-state index in [9.17, 15) is 12.8 Å².